The van der Waals surface area contributed by atoms with Crippen LogP contribution in [0.4, 0.5) is 0 Å². The van der Waals surface area contributed by atoms with Gasteiger partial charge in [-0.1, -0.05) is 12.5 Å². The van der Waals surface area contributed by atoms with Gasteiger partial charge in [0.05, 0.1) is 12.2 Å². The van der Waals surface area contributed by atoms with E-state index in [9.17, 15) is 15.3 Å². The summed E-state index contributed by atoms with van der Waals surface area (Å²) < 4.78 is 0. The van der Waals surface area contributed by atoms with E-state index in [-0.39, 0.29) is 30.2 Å². The van der Waals surface area contributed by atoms with E-state index in [4.69, 9.17) is 5.73 Å². The Morgan fingerprint density at radius 1 is 1.21 bits per heavy atom. The third-order valence-electron chi connectivity index (χ3n) is 3.21. The lowest BCUT2D eigenvalue weighted by atomic mass is 10.0. The second kappa shape index (κ2) is 7.99. The summed E-state index contributed by atoms with van der Waals surface area (Å²) in [5, 5.41) is 32.1. The fourth-order valence-electron chi connectivity index (χ4n) is 2.18. The molecular formula is C14H24N2O3. The number of rotatable bonds is 8. The summed E-state index contributed by atoms with van der Waals surface area (Å²) in [4.78, 5) is 0. The van der Waals surface area contributed by atoms with Gasteiger partial charge in [-0.05, 0) is 38.4 Å². The largest absolute Gasteiger partial charge is 0.507 e. The van der Waals surface area contributed by atoms with Crippen molar-refractivity contribution in [2.75, 3.05) is 13.2 Å². The van der Waals surface area contributed by atoms with Crippen molar-refractivity contribution in [2.24, 2.45) is 5.73 Å². The monoisotopic (exact) mass is 268 g/mol. The summed E-state index contributed by atoms with van der Waals surface area (Å²) in [6.45, 7) is 2.51. The molecule has 5 nitrogen and oxygen atoms in total. The molecule has 1 rings (SSSR count). The van der Waals surface area contributed by atoms with E-state index < -0.39 is 0 Å². The van der Waals surface area contributed by atoms with Crippen LogP contribution >= 0.6 is 0 Å². The van der Waals surface area contributed by atoms with E-state index in [2.05, 4.69) is 5.32 Å². The van der Waals surface area contributed by atoms with Crippen molar-refractivity contribution in [1.29, 1.82) is 0 Å². The van der Waals surface area contributed by atoms with Crippen LogP contribution in [0.15, 0.2) is 18.2 Å². The van der Waals surface area contributed by atoms with Crippen LogP contribution in [-0.4, -0.2) is 34.5 Å². The van der Waals surface area contributed by atoms with Gasteiger partial charge in [0.1, 0.15) is 11.5 Å². The topological polar surface area (TPSA) is 98.7 Å². The van der Waals surface area contributed by atoms with Gasteiger partial charge in [-0.3, -0.25) is 0 Å². The standard InChI is InChI=1S/C14H24N2O3/c1-10(14-12(18)6-4-7-13(14)19)16-11(9-17)5-2-3-8-15/h4,6-7,10-11,16-19H,2-3,5,8-9,15H2,1H3. The highest BCUT2D eigenvalue weighted by Gasteiger charge is 2.18. The minimum Gasteiger partial charge on any atom is -0.507 e. The van der Waals surface area contributed by atoms with Gasteiger partial charge in [-0.2, -0.15) is 0 Å². The number of aliphatic hydroxyl groups is 1. The van der Waals surface area contributed by atoms with Crippen molar-refractivity contribution in [1.82, 2.24) is 5.32 Å². The first-order valence-electron chi connectivity index (χ1n) is 6.68. The normalized spacial score (nSPS) is 14.3. The zero-order valence-corrected chi connectivity index (χ0v) is 11.3. The SMILES string of the molecule is CC(NC(CO)CCCCN)c1c(O)cccc1O. The van der Waals surface area contributed by atoms with Gasteiger partial charge in [0.2, 0.25) is 0 Å². The molecule has 2 unspecified atom stereocenters. The van der Waals surface area contributed by atoms with E-state index in [0.29, 0.717) is 12.1 Å². The maximum Gasteiger partial charge on any atom is 0.124 e. The summed E-state index contributed by atoms with van der Waals surface area (Å²) >= 11 is 0. The predicted octanol–water partition coefficient (Wildman–Crippen LogP) is 1.24. The molecule has 0 aromatic heterocycles. The van der Waals surface area contributed by atoms with Crippen LogP contribution in [0.5, 0.6) is 11.5 Å². The summed E-state index contributed by atoms with van der Waals surface area (Å²) in [5.74, 6) is 0.109. The zero-order valence-electron chi connectivity index (χ0n) is 11.3. The van der Waals surface area contributed by atoms with Crippen LogP contribution in [0.2, 0.25) is 0 Å². The highest BCUT2D eigenvalue weighted by Crippen LogP contribution is 2.32. The average Bonchev–Trinajstić information content (AvgIpc) is 2.37. The Labute approximate surface area is 114 Å². The molecule has 5 heteroatoms. The van der Waals surface area contributed by atoms with Gasteiger partial charge < -0.3 is 26.4 Å². The minimum atomic E-state index is -0.240. The summed E-state index contributed by atoms with van der Waals surface area (Å²) in [6.07, 6.45) is 2.68. The summed E-state index contributed by atoms with van der Waals surface area (Å²) in [7, 11) is 0. The van der Waals surface area contributed by atoms with Crippen molar-refractivity contribution >= 4 is 0 Å². The fraction of sp³-hybridized carbons (Fsp3) is 0.571. The first kappa shape index (κ1) is 15.8. The maximum atomic E-state index is 9.78. The number of hydrogen-bond acceptors (Lipinski definition) is 5. The number of nitrogens with one attached hydrogen (secondary N) is 1. The van der Waals surface area contributed by atoms with E-state index in [1.807, 2.05) is 6.92 Å². The smallest absolute Gasteiger partial charge is 0.124 e. The summed E-state index contributed by atoms with van der Waals surface area (Å²) in [5.41, 5.74) is 5.90. The Balaban J connectivity index is 2.63. The molecule has 2 atom stereocenters. The Hall–Kier alpha value is -1.30. The molecule has 0 spiro atoms. The molecule has 0 aliphatic heterocycles. The lowest BCUT2D eigenvalue weighted by Gasteiger charge is -2.23. The van der Waals surface area contributed by atoms with Gasteiger partial charge in [0.15, 0.2) is 0 Å². The highest BCUT2D eigenvalue weighted by atomic mass is 16.3. The average molecular weight is 268 g/mol. The number of phenols is 2. The number of phenolic OH excluding ortho intramolecular Hbond substituents is 2. The van der Waals surface area contributed by atoms with Crippen LogP contribution in [0.1, 0.15) is 37.8 Å². The molecule has 19 heavy (non-hydrogen) atoms. The van der Waals surface area contributed by atoms with Crippen LogP contribution < -0.4 is 11.1 Å². The second-order valence-electron chi connectivity index (χ2n) is 4.76. The number of aromatic hydroxyl groups is 2. The Morgan fingerprint density at radius 3 is 2.37 bits per heavy atom. The number of benzene rings is 1. The Bertz CT molecular complexity index is 365. The first-order chi connectivity index (χ1) is 9.10. The molecule has 0 aliphatic carbocycles. The lowest BCUT2D eigenvalue weighted by molar-refractivity contribution is 0.222. The molecule has 0 amide bonds. The van der Waals surface area contributed by atoms with Crippen molar-refractivity contribution in [2.45, 2.75) is 38.3 Å². The molecule has 1 aromatic carbocycles. The lowest BCUT2D eigenvalue weighted by Crippen LogP contribution is -2.34. The van der Waals surface area contributed by atoms with Crippen molar-refractivity contribution in [3.8, 4) is 11.5 Å². The Morgan fingerprint density at radius 2 is 1.84 bits per heavy atom. The number of hydrogen-bond donors (Lipinski definition) is 5. The van der Waals surface area contributed by atoms with Crippen LogP contribution in [0.3, 0.4) is 0 Å². The molecule has 0 heterocycles. The maximum absolute atomic E-state index is 9.78. The molecular weight excluding hydrogens is 244 g/mol. The number of nitrogens with two attached hydrogens (primary N) is 1. The van der Waals surface area contributed by atoms with Crippen LogP contribution in [0.25, 0.3) is 0 Å². The molecule has 0 bridgehead atoms. The molecule has 0 radical (unpaired) electrons. The molecule has 1 aromatic rings. The van der Waals surface area contributed by atoms with Gasteiger partial charge in [-0.25, -0.2) is 0 Å². The molecule has 108 valence electrons. The van der Waals surface area contributed by atoms with Crippen LogP contribution in [0, 0.1) is 0 Å². The zero-order chi connectivity index (χ0) is 14.3. The first-order valence-corrected chi connectivity index (χ1v) is 6.68. The van der Waals surface area contributed by atoms with Gasteiger partial charge in [0, 0.05) is 12.1 Å². The quantitative estimate of drug-likeness (QED) is 0.457. The summed E-state index contributed by atoms with van der Waals surface area (Å²) in [6, 6.07) is 4.36. The number of aliphatic hydroxyl groups excluding tert-OH is 1. The van der Waals surface area contributed by atoms with E-state index in [1.54, 1.807) is 6.07 Å². The minimum absolute atomic E-state index is 0.0171. The number of unbranched alkanes of at least 4 members (excludes halogenated alkanes) is 1. The molecule has 6 N–H and O–H groups in total. The van der Waals surface area contributed by atoms with E-state index >= 15 is 0 Å². The third-order valence-corrected chi connectivity index (χ3v) is 3.21. The molecule has 0 saturated carbocycles. The van der Waals surface area contributed by atoms with Crippen LogP contribution in [-0.2, 0) is 0 Å². The van der Waals surface area contributed by atoms with Crippen molar-refractivity contribution in [3.63, 3.8) is 0 Å². The fourth-order valence-corrected chi connectivity index (χ4v) is 2.18. The predicted molar refractivity (Wildman–Crippen MR) is 75.1 cm³/mol. The van der Waals surface area contributed by atoms with Gasteiger partial charge in [-0.15, -0.1) is 0 Å². The van der Waals surface area contributed by atoms with E-state index in [1.165, 1.54) is 12.1 Å². The van der Waals surface area contributed by atoms with Gasteiger partial charge >= 0.3 is 0 Å². The highest BCUT2D eigenvalue weighted by molar-refractivity contribution is 5.44. The van der Waals surface area contributed by atoms with E-state index in [0.717, 1.165) is 19.3 Å². The Kier molecular flexibility index (Phi) is 6.62. The van der Waals surface area contributed by atoms with Gasteiger partial charge in [0.25, 0.3) is 0 Å². The molecule has 0 fully saturated rings. The molecule has 0 saturated heterocycles. The van der Waals surface area contributed by atoms with Crippen molar-refractivity contribution < 1.29 is 15.3 Å². The third kappa shape index (κ3) is 4.70. The second-order valence-corrected chi connectivity index (χ2v) is 4.76. The molecule has 0 aliphatic rings. The van der Waals surface area contributed by atoms with Crippen molar-refractivity contribution in [3.05, 3.63) is 23.8 Å².